The van der Waals surface area contributed by atoms with Gasteiger partial charge in [-0.25, -0.2) is 43.1 Å². The molecule has 9 heterocycles. The van der Waals surface area contributed by atoms with Crippen molar-refractivity contribution in [3.8, 4) is 0 Å². The van der Waals surface area contributed by atoms with Gasteiger partial charge in [-0.1, -0.05) is 13.5 Å². The maximum absolute atomic E-state index is 13.4. The molecule has 0 saturated heterocycles. The Bertz CT molecular complexity index is 3800. The second-order valence-corrected chi connectivity index (χ2v) is 22.4. The monoisotopic (exact) mass is 1070 g/mol. The number of fused-ring (bicyclic) bond motifs is 9. The van der Waals surface area contributed by atoms with Crippen LogP contribution in [0.1, 0.15) is 96.2 Å². The number of Topliss-reactive ketones (excluding diaryl/α,β-unsaturated/α-hetero) is 1. The number of hydrogen-bond donors (Lipinski definition) is 0. The molecule has 3 aliphatic rings. The van der Waals surface area contributed by atoms with Gasteiger partial charge in [0.05, 0.1) is 74.6 Å². The van der Waals surface area contributed by atoms with E-state index >= 15 is 0 Å². The SMILES string of the molecule is C.CN(C)c1ccnc2sc3c(=O)n(C4CC=C(F)CC4)cnc3c12.CN(C)c1ccnc2sc3c(=O)n(C4CCC(=O)CC4)cnc3c12.CN(C)c1ccnc2sc3c(=O)n(C4CCC(F)(F)CC4)cnc3c12. The number of carbonyl (C=O) groups is 1. The minimum atomic E-state index is -2.61. The molecule has 3 aliphatic carbocycles. The fourth-order valence-electron chi connectivity index (χ4n) is 10.1. The summed E-state index contributed by atoms with van der Waals surface area (Å²) in [7, 11) is 11.7. The molecule has 0 aromatic carbocycles. The molecule has 388 valence electrons. The summed E-state index contributed by atoms with van der Waals surface area (Å²) in [5.74, 6) is -2.41. The summed E-state index contributed by atoms with van der Waals surface area (Å²) in [6.07, 6.45) is 15.9. The van der Waals surface area contributed by atoms with E-state index in [1.54, 1.807) is 46.5 Å². The molecule has 2 fully saturated rings. The first kappa shape index (κ1) is 52.2. The number of carbonyl (C=O) groups excluding carboxylic acids is 1. The number of thiophene rings is 3. The molecule has 1 atom stereocenters. The first-order valence-electron chi connectivity index (χ1n) is 24.1. The van der Waals surface area contributed by atoms with Crippen LogP contribution in [0.25, 0.3) is 61.3 Å². The molecule has 9 aromatic rings. The number of alkyl halides is 2. The van der Waals surface area contributed by atoms with Gasteiger partial charge in [0, 0.05) is 111 Å². The minimum absolute atomic E-state index is 0. The van der Waals surface area contributed by atoms with E-state index in [4.69, 9.17) is 0 Å². The molecule has 22 heteroatoms. The lowest BCUT2D eigenvalue weighted by Crippen LogP contribution is -2.31. The summed E-state index contributed by atoms with van der Waals surface area (Å²) in [5.41, 5.74) is 4.79. The average molecular weight is 1070 g/mol. The van der Waals surface area contributed by atoms with Gasteiger partial charge in [0.1, 0.15) is 34.4 Å². The third-order valence-electron chi connectivity index (χ3n) is 14.0. The third kappa shape index (κ3) is 9.78. The zero-order chi connectivity index (χ0) is 51.5. The van der Waals surface area contributed by atoms with Gasteiger partial charge in [0.15, 0.2) is 0 Å². The van der Waals surface area contributed by atoms with Crippen molar-refractivity contribution < 1.29 is 18.0 Å². The first-order valence-corrected chi connectivity index (χ1v) is 26.6. The summed E-state index contributed by atoms with van der Waals surface area (Å²) in [6, 6.07) is 5.59. The minimum Gasteiger partial charge on any atom is -0.377 e. The summed E-state index contributed by atoms with van der Waals surface area (Å²) in [6.45, 7) is 0. The number of allylic oxidation sites excluding steroid dienone is 2. The number of anilines is 3. The quantitative estimate of drug-likeness (QED) is 0.154. The van der Waals surface area contributed by atoms with Crippen LogP contribution in [0.5, 0.6) is 0 Å². The summed E-state index contributed by atoms with van der Waals surface area (Å²) in [4.78, 5) is 85.5. The Morgan fingerprint density at radius 1 is 0.527 bits per heavy atom. The number of ketones is 1. The highest BCUT2D eigenvalue weighted by atomic mass is 32.1. The fraction of sp³-hybridized carbons (Fsp3) is 0.423. The Kier molecular flexibility index (Phi) is 14.8. The molecule has 12 rings (SSSR count). The molecule has 0 aliphatic heterocycles. The third-order valence-corrected chi connectivity index (χ3v) is 17.2. The lowest BCUT2D eigenvalue weighted by Gasteiger charge is -2.29. The topological polar surface area (TPSA) is 170 Å². The zero-order valence-electron chi connectivity index (χ0n) is 41.1. The van der Waals surface area contributed by atoms with E-state index in [0.29, 0.717) is 70.1 Å². The van der Waals surface area contributed by atoms with Gasteiger partial charge < -0.3 is 14.7 Å². The molecular formula is C52H57F3N12O4S3. The maximum atomic E-state index is 13.4. The molecule has 9 aromatic heterocycles. The van der Waals surface area contributed by atoms with E-state index in [-0.39, 0.29) is 66.7 Å². The molecule has 0 amide bonds. The molecule has 0 bridgehead atoms. The van der Waals surface area contributed by atoms with Crippen LogP contribution >= 0.6 is 34.0 Å². The predicted molar refractivity (Wildman–Crippen MR) is 294 cm³/mol. The number of pyridine rings is 3. The molecule has 0 spiro atoms. The van der Waals surface area contributed by atoms with Gasteiger partial charge in [0.2, 0.25) is 5.92 Å². The lowest BCUT2D eigenvalue weighted by atomic mass is 9.92. The van der Waals surface area contributed by atoms with E-state index in [1.165, 1.54) is 44.9 Å². The number of aromatic nitrogens is 9. The molecule has 2 saturated carbocycles. The Labute approximate surface area is 435 Å². The van der Waals surface area contributed by atoms with Crippen LogP contribution < -0.4 is 31.4 Å². The Morgan fingerprint density at radius 2 is 0.878 bits per heavy atom. The van der Waals surface area contributed by atoms with Crippen molar-refractivity contribution in [3.05, 3.63) is 98.7 Å². The second-order valence-electron chi connectivity index (χ2n) is 19.4. The molecule has 1 unspecified atom stereocenters. The Hall–Kier alpha value is -6.65. The molecule has 0 radical (unpaired) electrons. The fourth-order valence-corrected chi connectivity index (χ4v) is 13.3. The molecule has 16 nitrogen and oxygen atoms in total. The standard InChI is InChI=1S/C17H18F2N4OS.C17H17FN4OS.C17H18N4O2S.CH4/c1-22(2)11-5-8-20-15-12(11)13-14(25-15)16(24)23(9-21-13)10-3-6-17(18,19)7-4-10;1-21(2)12-7-8-19-16-13(12)14-15(24-16)17(23)22(9-20-14)11-5-3-10(18)4-6-11;1-20(2)12-7-8-18-16-13(12)14-15(24-16)17(23)21(9-19-14)10-3-5-11(22)6-4-10;/h5,8-10H,3-4,6-7H2,1-2H3;3,7-9,11H,4-6H2,1-2H3;7-10H,3-6H2,1-2H3;1H4. The summed E-state index contributed by atoms with van der Waals surface area (Å²) < 4.78 is 46.7. The lowest BCUT2D eigenvalue weighted by molar-refractivity contribution is -0.120. The second kappa shape index (κ2) is 20.9. The van der Waals surface area contributed by atoms with Crippen molar-refractivity contribution in [1.29, 1.82) is 0 Å². The smallest absolute Gasteiger partial charge is 0.271 e. The summed E-state index contributed by atoms with van der Waals surface area (Å²) >= 11 is 4.09. The van der Waals surface area contributed by atoms with E-state index in [1.807, 2.05) is 75.2 Å². The van der Waals surface area contributed by atoms with Crippen LogP contribution in [-0.2, 0) is 4.79 Å². The van der Waals surface area contributed by atoms with Crippen LogP contribution in [0.3, 0.4) is 0 Å². The van der Waals surface area contributed by atoms with Crippen molar-refractivity contribution >= 4 is 118 Å². The average Bonchev–Trinajstić information content (AvgIpc) is 4.09. The molecule has 74 heavy (non-hydrogen) atoms. The van der Waals surface area contributed by atoms with Gasteiger partial charge in [-0.15, -0.1) is 34.0 Å². The highest BCUT2D eigenvalue weighted by Gasteiger charge is 2.36. The normalized spacial score (nSPS) is 17.2. The zero-order valence-corrected chi connectivity index (χ0v) is 43.6. The highest BCUT2D eigenvalue weighted by molar-refractivity contribution is 7.26. The van der Waals surface area contributed by atoms with Gasteiger partial charge in [-0.2, -0.15) is 0 Å². The van der Waals surface area contributed by atoms with Crippen molar-refractivity contribution in [2.45, 2.75) is 102 Å². The van der Waals surface area contributed by atoms with Gasteiger partial charge >= 0.3 is 0 Å². The Balaban J connectivity index is 0.000000135. The molecular weight excluding hydrogens is 1010 g/mol. The van der Waals surface area contributed by atoms with Gasteiger partial charge in [-0.3, -0.25) is 32.9 Å². The maximum Gasteiger partial charge on any atom is 0.271 e. The largest absolute Gasteiger partial charge is 0.377 e. The summed E-state index contributed by atoms with van der Waals surface area (Å²) in [5, 5.41) is 2.72. The molecule has 0 N–H and O–H groups in total. The van der Waals surface area contributed by atoms with Gasteiger partial charge in [-0.05, 0) is 56.7 Å². The van der Waals surface area contributed by atoms with E-state index in [2.05, 4.69) is 29.9 Å². The first-order chi connectivity index (χ1) is 35.0. The number of hydrogen-bond acceptors (Lipinski definition) is 16. The van der Waals surface area contributed by atoms with Crippen LogP contribution in [-0.4, -0.2) is 97.6 Å². The van der Waals surface area contributed by atoms with Crippen molar-refractivity contribution in [1.82, 2.24) is 43.6 Å². The highest BCUT2D eigenvalue weighted by Crippen LogP contribution is 2.41. The van der Waals surface area contributed by atoms with E-state index in [9.17, 15) is 32.3 Å². The van der Waals surface area contributed by atoms with Crippen LogP contribution in [0.2, 0.25) is 0 Å². The van der Waals surface area contributed by atoms with Crippen molar-refractivity contribution in [2.75, 3.05) is 57.0 Å². The number of rotatable bonds is 6. The van der Waals surface area contributed by atoms with Crippen molar-refractivity contribution in [2.24, 2.45) is 0 Å². The Morgan fingerprint density at radius 3 is 1.23 bits per heavy atom. The van der Waals surface area contributed by atoms with E-state index in [0.717, 1.165) is 66.1 Å². The predicted octanol–water partition coefficient (Wildman–Crippen LogP) is 10.9. The van der Waals surface area contributed by atoms with Gasteiger partial charge in [0.25, 0.3) is 16.7 Å². The van der Waals surface area contributed by atoms with E-state index < -0.39 is 5.92 Å². The van der Waals surface area contributed by atoms with Crippen LogP contribution in [0.4, 0.5) is 30.2 Å². The number of halogens is 3. The number of nitrogens with zero attached hydrogens (tertiary/aromatic N) is 12. The van der Waals surface area contributed by atoms with Crippen LogP contribution in [0.15, 0.2) is 82.1 Å². The van der Waals surface area contributed by atoms with Crippen LogP contribution in [0, 0.1) is 0 Å². The van der Waals surface area contributed by atoms with Crippen molar-refractivity contribution in [3.63, 3.8) is 0 Å².